The van der Waals surface area contributed by atoms with E-state index in [9.17, 15) is 4.79 Å². The number of ether oxygens (including phenoxy) is 1. The highest BCUT2D eigenvalue weighted by Gasteiger charge is 2.54. The van der Waals surface area contributed by atoms with Crippen LogP contribution in [-0.4, -0.2) is 53.0 Å². The molecule has 3 heterocycles. The Labute approximate surface area is 118 Å². The number of hydrogen-bond donors (Lipinski definition) is 0. The molecule has 1 amide bonds. The molecule has 108 valence electrons. The van der Waals surface area contributed by atoms with Crippen molar-refractivity contribution in [3.63, 3.8) is 0 Å². The summed E-state index contributed by atoms with van der Waals surface area (Å²) in [5, 5.41) is 7.98. The summed E-state index contributed by atoms with van der Waals surface area (Å²) in [5.41, 5.74) is -0.195. The Morgan fingerprint density at radius 3 is 2.55 bits per heavy atom. The van der Waals surface area contributed by atoms with Crippen molar-refractivity contribution in [2.45, 2.75) is 26.4 Å². The van der Waals surface area contributed by atoms with Crippen molar-refractivity contribution in [3.05, 3.63) is 18.3 Å². The molecule has 20 heavy (non-hydrogen) atoms. The third kappa shape index (κ3) is 2.42. The Balaban J connectivity index is 1.49. The SMILES string of the molecule is CC(C)(C)OC(=O)N1CC2(C1)CN(c1cccnn1)C2. The van der Waals surface area contributed by atoms with Gasteiger partial charge in [-0.05, 0) is 32.9 Å². The zero-order valence-corrected chi connectivity index (χ0v) is 12.2. The lowest BCUT2D eigenvalue weighted by molar-refractivity contribution is -0.0455. The predicted molar refractivity (Wildman–Crippen MR) is 74.5 cm³/mol. The number of hydrogen-bond acceptors (Lipinski definition) is 5. The summed E-state index contributed by atoms with van der Waals surface area (Å²) in [5.74, 6) is 0.911. The molecule has 0 saturated carbocycles. The minimum Gasteiger partial charge on any atom is -0.444 e. The molecular formula is C14H20N4O2. The number of amides is 1. The van der Waals surface area contributed by atoms with Crippen molar-refractivity contribution in [1.82, 2.24) is 15.1 Å². The van der Waals surface area contributed by atoms with Gasteiger partial charge in [0.1, 0.15) is 5.60 Å². The van der Waals surface area contributed by atoms with Crippen molar-refractivity contribution in [2.24, 2.45) is 5.41 Å². The van der Waals surface area contributed by atoms with E-state index in [1.807, 2.05) is 32.9 Å². The van der Waals surface area contributed by atoms with Crippen molar-refractivity contribution >= 4 is 11.9 Å². The molecule has 6 nitrogen and oxygen atoms in total. The molecule has 1 spiro atoms. The van der Waals surface area contributed by atoms with E-state index in [0.717, 1.165) is 32.0 Å². The zero-order valence-electron chi connectivity index (χ0n) is 12.2. The highest BCUT2D eigenvalue weighted by molar-refractivity contribution is 5.70. The van der Waals surface area contributed by atoms with Crippen LogP contribution in [0.4, 0.5) is 10.6 Å². The van der Waals surface area contributed by atoms with E-state index in [2.05, 4.69) is 15.1 Å². The first kappa shape index (κ1) is 13.1. The third-order valence-corrected chi connectivity index (χ3v) is 3.64. The van der Waals surface area contributed by atoms with Crippen LogP contribution in [0.15, 0.2) is 18.3 Å². The van der Waals surface area contributed by atoms with Gasteiger partial charge in [-0.2, -0.15) is 5.10 Å². The largest absolute Gasteiger partial charge is 0.444 e. The molecule has 2 aliphatic rings. The Kier molecular flexibility index (Phi) is 2.84. The Morgan fingerprint density at radius 1 is 1.30 bits per heavy atom. The molecular weight excluding hydrogens is 256 g/mol. The monoisotopic (exact) mass is 276 g/mol. The van der Waals surface area contributed by atoms with Gasteiger partial charge in [-0.1, -0.05) is 0 Å². The summed E-state index contributed by atoms with van der Waals surface area (Å²) >= 11 is 0. The second-order valence-electron chi connectivity index (χ2n) is 6.77. The Morgan fingerprint density at radius 2 is 2.00 bits per heavy atom. The summed E-state index contributed by atoms with van der Waals surface area (Å²) in [4.78, 5) is 15.9. The number of anilines is 1. The Hall–Kier alpha value is -1.85. The minimum absolute atomic E-state index is 0.207. The predicted octanol–water partition coefficient (Wildman–Crippen LogP) is 1.53. The van der Waals surface area contributed by atoms with Crippen LogP contribution in [0.3, 0.4) is 0 Å². The average molecular weight is 276 g/mol. The highest BCUT2D eigenvalue weighted by atomic mass is 16.6. The molecule has 0 unspecified atom stereocenters. The number of nitrogens with zero attached hydrogens (tertiary/aromatic N) is 4. The van der Waals surface area contributed by atoms with Crippen LogP contribution in [0.5, 0.6) is 0 Å². The molecule has 0 aliphatic carbocycles. The van der Waals surface area contributed by atoms with Gasteiger partial charge >= 0.3 is 6.09 Å². The number of likely N-dealkylation sites (tertiary alicyclic amines) is 1. The first-order valence-electron chi connectivity index (χ1n) is 6.88. The smallest absolute Gasteiger partial charge is 0.410 e. The topological polar surface area (TPSA) is 58.6 Å². The first-order chi connectivity index (χ1) is 9.37. The maximum Gasteiger partial charge on any atom is 0.410 e. The molecule has 2 saturated heterocycles. The van der Waals surface area contributed by atoms with E-state index in [4.69, 9.17) is 4.74 Å². The second kappa shape index (κ2) is 4.33. The summed E-state index contributed by atoms with van der Waals surface area (Å²) in [6.07, 6.45) is 1.47. The van der Waals surface area contributed by atoms with E-state index in [0.29, 0.717) is 0 Å². The number of rotatable bonds is 1. The van der Waals surface area contributed by atoms with E-state index in [1.165, 1.54) is 0 Å². The van der Waals surface area contributed by atoms with Gasteiger partial charge in [-0.15, -0.1) is 5.10 Å². The molecule has 2 aliphatic heterocycles. The molecule has 0 bridgehead atoms. The summed E-state index contributed by atoms with van der Waals surface area (Å²) < 4.78 is 5.37. The maximum atomic E-state index is 11.9. The van der Waals surface area contributed by atoms with Crippen molar-refractivity contribution in [3.8, 4) is 0 Å². The normalized spacial score (nSPS) is 20.4. The van der Waals surface area contributed by atoms with Crippen LogP contribution in [0.25, 0.3) is 0 Å². The van der Waals surface area contributed by atoms with E-state index >= 15 is 0 Å². The van der Waals surface area contributed by atoms with E-state index in [1.54, 1.807) is 11.1 Å². The van der Waals surface area contributed by atoms with Crippen LogP contribution < -0.4 is 4.90 Å². The molecule has 2 fully saturated rings. The van der Waals surface area contributed by atoms with Crippen LogP contribution in [-0.2, 0) is 4.74 Å². The fourth-order valence-electron chi connectivity index (χ4n) is 2.81. The van der Waals surface area contributed by atoms with Crippen LogP contribution >= 0.6 is 0 Å². The fourth-order valence-corrected chi connectivity index (χ4v) is 2.81. The van der Waals surface area contributed by atoms with Gasteiger partial charge in [0.2, 0.25) is 0 Å². The quantitative estimate of drug-likeness (QED) is 0.778. The molecule has 0 N–H and O–H groups in total. The lowest BCUT2D eigenvalue weighted by atomic mass is 9.73. The van der Waals surface area contributed by atoms with E-state index in [-0.39, 0.29) is 11.5 Å². The molecule has 1 aromatic rings. The van der Waals surface area contributed by atoms with Crippen LogP contribution in [0.1, 0.15) is 20.8 Å². The van der Waals surface area contributed by atoms with Gasteiger partial charge in [0.05, 0.1) is 0 Å². The highest BCUT2D eigenvalue weighted by Crippen LogP contribution is 2.41. The lowest BCUT2D eigenvalue weighted by Gasteiger charge is -2.60. The second-order valence-corrected chi connectivity index (χ2v) is 6.77. The molecule has 0 atom stereocenters. The molecule has 6 heteroatoms. The van der Waals surface area contributed by atoms with Crippen molar-refractivity contribution in [1.29, 1.82) is 0 Å². The van der Waals surface area contributed by atoms with Gasteiger partial charge in [-0.3, -0.25) is 0 Å². The molecule has 3 rings (SSSR count). The molecule has 0 aromatic carbocycles. The number of aromatic nitrogens is 2. The maximum absolute atomic E-state index is 11.9. The molecule has 1 aromatic heterocycles. The van der Waals surface area contributed by atoms with Gasteiger partial charge in [0.15, 0.2) is 5.82 Å². The third-order valence-electron chi connectivity index (χ3n) is 3.64. The summed E-state index contributed by atoms with van der Waals surface area (Å²) in [7, 11) is 0. The Bertz CT molecular complexity index is 498. The minimum atomic E-state index is -0.425. The van der Waals surface area contributed by atoms with Gasteiger partial charge < -0.3 is 14.5 Å². The first-order valence-corrected chi connectivity index (χ1v) is 6.88. The molecule has 0 radical (unpaired) electrons. The average Bonchev–Trinajstić information content (AvgIpc) is 2.24. The van der Waals surface area contributed by atoms with Gasteiger partial charge in [-0.25, -0.2) is 4.79 Å². The number of carbonyl (C=O) groups is 1. The van der Waals surface area contributed by atoms with E-state index < -0.39 is 5.60 Å². The summed E-state index contributed by atoms with van der Waals surface area (Å²) in [6.45, 7) is 9.09. The summed E-state index contributed by atoms with van der Waals surface area (Å²) in [6, 6.07) is 3.85. The fraction of sp³-hybridized carbons (Fsp3) is 0.643. The van der Waals surface area contributed by atoms with Crippen molar-refractivity contribution in [2.75, 3.05) is 31.1 Å². The van der Waals surface area contributed by atoms with Crippen molar-refractivity contribution < 1.29 is 9.53 Å². The van der Waals surface area contributed by atoms with Crippen LogP contribution in [0.2, 0.25) is 0 Å². The lowest BCUT2D eigenvalue weighted by Crippen LogP contribution is -2.73. The standard InChI is InChI=1S/C14H20N4O2/c1-13(2,3)20-12(19)18-9-14(10-18)7-17(8-14)11-5-4-6-15-16-11/h4-6H,7-10H2,1-3H3. The number of carbonyl (C=O) groups excluding carboxylic acids is 1. The van der Waals surface area contributed by atoms with Gasteiger partial charge in [0, 0.05) is 37.8 Å². The van der Waals surface area contributed by atoms with Crippen LogP contribution in [0, 0.1) is 5.41 Å². The van der Waals surface area contributed by atoms with Gasteiger partial charge in [0.25, 0.3) is 0 Å². The zero-order chi connectivity index (χ0) is 14.4.